The number of aromatic nitrogens is 3. The summed E-state index contributed by atoms with van der Waals surface area (Å²) in [6.07, 6.45) is 0. The van der Waals surface area contributed by atoms with Crippen molar-refractivity contribution in [2.24, 2.45) is 0 Å². The van der Waals surface area contributed by atoms with E-state index in [4.69, 9.17) is 38.2 Å². The summed E-state index contributed by atoms with van der Waals surface area (Å²) in [4.78, 5) is 14.2. The molecule has 0 spiro atoms. The van der Waals surface area contributed by atoms with Gasteiger partial charge in [0.05, 0.1) is 0 Å². The van der Waals surface area contributed by atoms with E-state index in [1.165, 1.54) is 0 Å². The largest absolute Gasteiger partial charge is 0.208 e. The maximum atomic E-state index is 6.19. The van der Waals surface area contributed by atoms with Gasteiger partial charge in [-0.05, 0) is 17.2 Å². The van der Waals surface area contributed by atoms with Gasteiger partial charge in [0.25, 0.3) is 0 Å². The van der Waals surface area contributed by atoms with Crippen molar-refractivity contribution in [3.05, 3.63) is 90.0 Å². The first kappa shape index (κ1) is 18.6. The van der Waals surface area contributed by atoms with Crippen LogP contribution in [0.4, 0.5) is 0 Å². The molecular formula is C23H17Cl2N3. The molecule has 0 N–H and O–H groups in total. The third-order valence-electron chi connectivity index (χ3n) is 4.41. The van der Waals surface area contributed by atoms with Gasteiger partial charge >= 0.3 is 0 Å². The Kier molecular flexibility index (Phi) is 5.65. The fraction of sp³-hybridized carbons (Fsp3) is 0.0870. The van der Waals surface area contributed by atoms with Gasteiger partial charge in [-0.3, -0.25) is 0 Å². The molecule has 0 bridgehead atoms. The maximum Gasteiger partial charge on any atom is 0.164 e. The molecule has 4 rings (SSSR count). The first-order valence-electron chi connectivity index (χ1n) is 8.89. The zero-order valence-corrected chi connectivity index (χ0v) is 16.5. The number of hydrogen-bond donors (Lipinski definition) is 0. The van der Waals surface area contributed by atoms with Crippen LogP contribution in [0, 0.1) is 0 Å². The molecule has 0 unspecified atom stereocenters. The Balaban J connectivity index is 1.95. The summed E-state index contributed by atoms with van der Waals surface area (Å²) >= 11 is 12.2. The minimum Gasteiger partial charge on any atom is -0.208 e. The minimum absolute atomic E-state index is 0.366. The van der Waals surface area contributed by atoms with Crippen molar-refractivity contribution in [1.82, 2.24) is 15.0 Å². The van der Waals surface area contributed by atoms with Crippen LogP contribution in [0.3, 0.4) is 0 Å². The van der Waals surface area contributed by atoms with Crippen LogP contribution in [0.2, 0.25) is 0 Å². The highest BCUT2D eigenvalue weighted by molar-refractivity contribution is 6.18. The van der Waals surface area contributed by atoms with Gasteiger partial charge in [-0.15, -0.1) is 23.2 Å². The third-order valence-corrected chi connectivity index (χ3v) is 5.01. The lowest BCUT2D eigenvalue weighted by Crippen LogP contribution is -2.02. The molecule has 0 atom stereocenters. The predicted octanol–water partition coefficient (Wildman–Crippen LogP) is 6.35. The number of nitrogens with zero attached hydrogens (tertiary/aromatic N) is 3. The SMILES string of the molecule is ClCc1ccc(CCl)c(-c2nc(-c3ccccc3)nc(-c3ccccc3)n2)c1. The summed E-state index contributed by atoms with van der Waals surface area (Å²) in [7, 11) is 0. The van der Waals surface area contributed by atoms with Gasteiger partial charge < -0.3 is 0 Å². The van der Waals surface area contributed by atoms with E-state index in [1.807, 2.05) is 78.9 Å². The molecule has 0 saturated carbocycles. The van der Waals surface area contributed by atoms with Crippen LogP contribution < -0.4 is 0 Å². The Morgan fingerprint density at radius 2 is 1.11 bits per heavy atom. The topological polar surface area (TPSA) is 38.7 Å². The second kappa shape index (κ2) is 8.51. The highest BCUT2D eigenvalue weighted by Crippen LogP contribution is 2.28. The molecule has 0 aliphatic heterocycles. The van der Waals surface area contributed by atoms with Gasteiger partial charge in [-0.2, -0.15) is 0 Å². The molecule has 0 fully saturated rings. The lowest BCUT2D eigenvalue weighted by Gasteiger charge is -2.11. The molecule has 1 aromatic heterocycles. The van der Waals surface area contributed by atoms with Gasteiger partial charge in [-0.1, -0.05) is 72.8 Å². The van der Waals surface area contributed by atoms with E-state index in [-0.39, 0.29) is 0 Å². The summed E-state index contributed by atoms with van der Waals surface area (Å²) in [6.45, 7) is 0. The number of benzene rings is 3. The van der Waals surface area contributed by atoms with Crippen molar-refractivity contribution in [3.63, 3.8) is 0 Å². The lowest BCUT2D eigenvalue weighted by atomic mass is 10.0. The van der Waals surface area contributed by atoms with E-state index in [0.717, 1.165) is 27.8 Å². The molecule has 0 saturated heterocycles. The maximum absolute atomic E-state index is 6.19. The molecule has 0 aliphatic carbocycles. The van der Waals surface area contributed by atoms with E-state index < -0.39 is 0 Å². The van der Waals surface area contributed by atoms with Crippen molar-refractivity contribution in [3.8, 4) is 34.2 Å². The van der Waals surface area contributed by atoms with E-state index in [1.54, 1.807) is 0 Å². The van der Waals surface area contributed by atoms with E-state index >= 15 is 0 Å². The summed E-state index contributed by atoms with van der Waals surface area (Å²) in [5.41, 5.74) is 4.70. The molecule has 3 aromatic carbocycles. The summed E-state index contributed by atoms with van der Waals surface area (Å²) in [5.74, 6) is 2.63. The van der Waals surface area contributed by atoms with Gasteiger partial charge in [0, 0.05) is 28.5 Å². The Hall–Kier alpha value is -2.75. The first-order valence-corrected chi connectivity index (χ1v) is 9.96. The average molecular weight is 406 g/mol. The van der Waals surface area contributed by atoms with E-state index in [0.29, 0.717) is 29.2 Å². The van der Waals surface area contributed by atoms with Crippen molar-refractivity contribution < 1.29 is 0 Å². The predicted molar refractivity (Wildman–Crippen MR) is 115 cm³/mol. The highest BCUT2D eigenvalue weighted by atomic mass is 35.5. The second-order valence-electron chi connectivity index (χ2n) is 6.30. The van der Waals surface area contributed by atoms with Crippen LogP contribution in [-0.2, 0) is 11.8 Å². The summed E-state index contributed by atoms with van der Waals surface area (Å²) < 4.78 is 0. The van der Waals surface area contributed by atoms with Gasteiger partial charge in [-0.25, -0.2) is 15.0 Å². The van der Waals surface area contributed by atoms with Crippen LogP contribution in [0.1, 0.15) is 11.1 Å². The minimum atomic E-state index is 0.366. The molecule has 3 nitrogen and oxygen atoms in total. The van der Waals surface area contributed by atoms with E-state index in [2.05, 4.69) is 0 Å². The smallest absolute Gasteiger partial charge is 0.164 e. The van der Waals surface area contributed by atoms with Gasteiger partial charge in [0.2, 0.25) is 0 Å². The fourth-order valence-electron chi connectivity index (χ4n) is 2.96. The Morgan fingerprint density at radius 3 is 1.61 bits per heavy atom. The Labute approximate surface area is 174 Å². The van der Waals surface area contributed by atoms with Crippen LogP contribution >= 0.6 is 23.2 Å². The van der Waals surface area contributed by atoms with Gasteiger partial charge in [0.15, 0.2) is 17.5 Å². The lowest BCUT2D eigenvalue weighted by molar-refractivity contribution is 1.07. The monoisotopic (exact) mass is 405 g/mol. The Morgan fingerprint density at radius 1 is 0.571 bits per heavy atom. The highest BCUT2D eigenvalue weighted by Gasteiger charge is 2.14. The number of hydrogen-bond acceptors (Lipinski definition) is 3. The van der Waals surface area contributed by atoms with Crippen LogP contribution in [-0.4, -0.2) is 15.0 Å². The molecule has 5 heteroatoms. The van der Waals surface area contributed by atoms with Crippen molar-refractivity contribution in [2.75, 3.05) is 0 Å². The molecule has 138 valence electrons. The molecule has 4 aromatic rings. The molecule has 0 radical (unpaired) electrons. The second-order valence-corrected chi connectivity index (χ2v) is 6.83. The number of halogens is 2. The number of alkyl halides is 2. The molecule has 1 heterocycles. The molecular weight excluding hydrogens is 389 g/mol. The van der Waals surface area contributed by atoms with Crippen molar-refractivity contribution in [2.45, 2.75) is 11.8 Å². The van der Waals surface area contributed by atoms with Crippen LogP contribution in [0.5, 0.6) is 0 Å². The fourth-order valence-corrected chi connectivity index (χ4v) is 3.36. The summed E-state index contributed by atoms with van der Waals surface area (Å²) in [6, 6.07) is 25.8. The van der Waals surface area contributed by atoms with E-state index in [9.17, 15) is 0 Å². The molecule has 0 amide bonds. The van der Waals surface area contributed by atoms with Crippen molar-refractivity contribution in [1.29, 1.82) is 0 Å². The number of rotatable bonds is 5. The molecule has 0 aliphatic rings. The average Bonchev–Trinajstić information content (AvgIpc) is 2.79. The third kappa shape index (κ3) is 3.91. The molecule has 28 heavy (non-hydrogen) atoms. The standard InChI is InChI=1S/C23H17Cl2N3/c24-14-16-11-12-19(15-25)20(13-16)23-27-21(17-7-3-1-4-8-17)26-22(28-23)18-9-5-2-6-10-18/h1-13H,14-15H2. The summed E-state index contributed by atoms with van der Waals surface area (Å²) in [5, 5.41) is 0. The van der Waals surface area contributed by atoms with Crippen LogP contribution in [0.25, 0.3) is 34.2 Å². The zero-order chi connectivity index (χ0) is 19.3. The Bertz CT molecular complexity index is 1030. The quantitative estimate of drug-likeness (QED) is 0.363. The van der Waals surface area contributed by atoms with Crippen molar-refractivity contribution >= 4 is 23.2 Å². The van der Waals surface area contributed by atoms with Crippen LogP contribution in [0.15, 0.2) is 78.9 Å². The first-order chi connectivity index (χ1) is 13.8. The van der Waals surface area contributed by atoms with Gasteiger partial charge in [0.1, 0.15) is 0 Å². The zero-order valence-electron chi connectivity index (χ0n) is 15.0. The normalized spacial score (nSPS) is 10.8.